The zero-order valence-electron chi connectivity index (χ0n) is 12.4. The van der Waals surface area contributed by atoms with Crippen LogP contribution in [-0.4, -0.2) is 31.6 Å². The van der Waals surface area contributed by atoms with Crippen LogP contribution in [0.5, 0.6) is 11.5 Å². The van der Waals surface area contributed by atoms with E-state index >= 15 is 0 Å². The molecule has 5 nitrogen and oxygen atoms in total. The Kier molecular flexibility index (Phi) is 4.92. The molecular formula is C17H12Cl2O5. The smallest absolute Gasteiger partial charge is 0.341 e. The third-order valence-corrected chi connectivity index (χ3v) is 4.00. The molecule has 3 rings (SSSR count). The summed E-state index contributed by atoms with van der Waals surface area (Å²) in [5.41, 5.74) is 0.396. The van der Waals surface area contributed by atoms with E-state index in [1.807, 2.05) is 0 Å². The summed E-state index contributed by atoms with van der Waals surface area (Å²) in [6.07, 6.45) is 0. The Morgan fingerprint density at radius 3 is 2.38 bits per heavy atom. The fraction of sp³-hybridized carbons (Fsp3) is 0.176. The Labute approximate surface area is 148 Å². The molecule has 0 atom stereocenters. The van der Waals surface area contributed by atoms with E-state index in [1.165, 1.54) is 12.1 Å². The quantitative estimate of drug-likeness (QED) is 0.608. The molecule has 0 unspecified atom stereocenters. The Balaban J connectivity index is 1.68. The first-order valence-corrected chi connectivity index (χ1v) is 7.86. The normalized spacial score (nSPS) is 12.6. The lowest BCUT2D eigenvalue weighted by Gasteiger charge is -2.18. The number of carbonyl (C=O) groups is 2. The van der Waals surface area contributed by atoms with Gasteiger partial charge >= 0.3 is 5.97 Å². The number of benzene rings is 2. The van der Waals surface area contributed by atoms with Gasteiger partial charge < -0.3 is 14.2 Å². The highest BCUT2D eigenvalue weighted by atomic mass is 35.5. The van der Waals surface area contributed by atoms with Crippen LogP contribution in [0.3, 0.4) is 0 Å². The number of ketones is 1. The number of hydrogen-bond donors (Lipinski definition) is 0. The SMILES string of the molecule is O=C(COC(=O)c1c(Cl)cccc1Cl)c1ccc2c(c1)OCCO2. The van der Waals surface area contributed by atoms with Crippen LogP contribution in [0.15, 0.2) is 36.4 Å². The first-order chi connectivity index (χ1) is 11.6. The van der Waals surface area contributed by atoms with Crippen molar-refractivity contribution in [3.8, 4) is 11.5 Å². The van der Waals surface area contributed by atoms with Gasteiger partial charge in [0, 0.05) is 5.56 Å². The number of fused-ring (bicyclic) bond motifs is 1. The number of hydrogen-bond acceptors (Lipinski definition) is 5. The number of Topliss-reactive ketones (excluding diaryl/α,β-unsaturated/α-hetero) is 1. The average molecular weight is 367 g/mol. The predicted molar refractivity (Wildman–Crippen MR) is 88.5 cm³/mol. The number of halogens is 2. The number of ether oxygens (including phenoxy) is 3. The van der Waals surface area contributed by atoms with Gasteiger partial charge in [-0.1, -0.05) is 29.3 Å². The van der Waals surface area contributed by atoms with Gasteiger partial charge in [0.25, 0.3) is 0 Å². The average Bonchev–Trinajstić information content (AvgIpc) is 2.59. The lowest BCUT2D eigenvalue weighted by Crippen LogP contribution is -2.17. The maximum Gasteiger partial charge on any atom is 0.341 e. The van der Waals surface area contributed by atoms with Gasteiger partial charge in [-0.25, -0.2) is 4.79 Å². The van der Waals surface area contributed by atoms with Gasteiger partial charge in [0.1, 0.15) is 13.2 Å². The highest BCUT2D eigenvalue weighted by Gasteiger charge is 2.19. The lowest BCUT2D eigenvalue weighted by molar-refractivity contribution is 0.0475. The highest BCUT2D eigenvalue weighted by molar-refractivity contribution is 6.39. The van der Waals surface area contributed by atoms with Gasteiger partial charge in [0.05, 0.1) is 15.6 Å². The monoisotopic (exact) mass is 366 g/mol. The molecule has 1 heterocycles. The van der Waals surface area contributed by atoms with Gasteiger partial charge in [-0.3, -0.25) is 4.79 Å². The standard InChI is InChI=1S/C17H12Cl2O5/c18-11-2-1-3-12(19)16(11)17(21)24-9-13(20)10-4-5-14-15(8-10)23-7-6-22-14/h1-5,8H,6-7,9H2. The van der Waals surface area contributed by atoms with Gasteiger partial charge in [0.2, 0.25) is 0 Å². The van der Waals surface area contributed by atoms with Crippen LogP contribution in [0, 0.1) is 0 Å². The third-order valence-electron chi connectivity index (χ3n) is 3.37. The molecule has 0 radical (unpaired) electrons. The van der Waals surface area contributed by atoms with Gasteiger partial charge in [-0.2, -0.15) is 0 Å². The fourth-order valence-corrected chi connectivity index (χ4v) is 2.75. The summed E-state index contributed by atoms with van der Waals surface area (Å²) >= 11 is 11.9. The summed E-state index contributed by atoms with van der Waals surface area (Å²) in [5, 5.41) is 0.332. The van der Waals surface area contributed by atoms with Crippen LogP contribution >= 0.6 is 23.2 Å². The molecule has 1 aliphatic rings. The van der Waals surface area contributed by atoms with E-state index in [9.17, 15) is 9.59 Å². The van der Waals surface area contributed by atoms with Crippen LogP contribution < -0.4 is 9.47 Å². The van der Waals surface area contributed by atoms with Gasteiger partial charge in [0.15, 0.2) is 23.9 Å². The summed E-state index contributed by atoms with van der Waals surface area (Å²) in [6, 6.07) is 9.45. The first kappa shape index (κ1) is 16.6. The van der Waals surface area contributed by atoms with Crippen molar-refractivity contribution < 1.29 is 23.8 Å². The van der Waals surface area contributed by atoms with Crippen molar-refractivity contribution in [3.63, 3.8) is 0 Å². The minimum absolute atomic E-state index is 0.0378. The molecule has 0 fully saturated rings. The number of rotatable bonds is 4. The van der Waals surface area contributed by atoms with Crippen LogP contribution in [0.1, 0.15) is 20.7 Å². The molecule has 0 bridgehead atoms. The Hall–Kier alpha value is -2.24. The molecular weight excluding hydrogens is 355 g/mol. The number of esters is 1. The molecule has 0 saturated carbocycles. The largest absolute Gasteiger partial charge is 0.486 e. The molecule has 2 aromatic rings. The Morgan fingerprint density at radius 2 is 1.67 bits per heavy atom. The van der Waals surface area contributed by atoms with Crippen molar-refractivity contribution in [2.24, 2.45) is 0 Å². The Bertz CT molecular complexity index is 783. The second-order valence-electron chi connectivity index (χ2n) is 4.95. The first-order valence-electron chi connectivity index (χ1n) is 7.10. The van der Waals surface area contributed by atoms with Crippen LogP contribution in [0.2, 0.25) is 10.0 Å². The summed E-state index contributed by atoms with van der Waals surface area (Å²) in [6.45, 7) is 0.459. The van der Waals surface area contributed by atoms with Crippen molar-refractivity contribution in [2.45, 2.75) is 0 Å². The van der Waals surface area contributed by atoms with Gasteiger partial charge in [-0.05, 0) is 30.3 Å². The molecule has 124 valence electrons. The van der Waals surface area contributed by atoms with Crippen molar-refractivity contribution in [1.29, 1.82) is 0 Å². The van der Waals surface area contributed by atoms with E-state index in [-0.39, 0.29) is 21.4 Å². The van der Waals surface area contributed by atoms with E-state index in [0.717, 1.165) is 0 Å². The van der Waals surface area contributed by atoms with Crippen molar-refractivity contribution in [1.82, 2.24) is 0 Å². The molecule has 7 heteroatoms. The van der Waals surface area contributed by atoms with Crippen LogP contribution in [-0.2, 0) is 4.74 Å². The molecule has 0 saturated heterocycles. The van der Waals surface area contributed by atoms with Crippen molar-refractivity contribution >= 4 is 35.0 Å². The summed E-state index contributed by atoms with van der Waals surface area (Å²) in [7, 11) is 0. The molecule has 0 aromatic heterocycles. The molecule has 1 aliphatic heterocycles. The maximum absolute atomic E-state index is 12.2. The minimum atomic E-state index is -0.753. The second-order valence-corrected chi connectivity index (χ2v) is 5.77. The van der Waals surface area contributed by atoms with E-state index in [1.54, 1.807) is 24.3 Å². The topological polar surface area (TPSA) is 61.8 Å². The molecule has 0 amide bonds. The zero-order chi connectivity index (χ0) is 17.1. The van der Waals surface area contributed by atoms with Crippen LogP contribution in [0.25, 0.3) is 0 Å². The molecule has 0 N–H and O–H groups in total. The third kappa shape index (κ3) is 3.47. The Morgan fingerprint density at radius 1 is 1.00 bits per heavy atom. The zero-order valence-corrected chi connectivity index (χ0v) is 13.9. The molecule has 0 spiro atoms. The molecule has 24 heavy (non-hydrogen) atoms. The van der Waals surface area contributed by atoms with Crippen molar-refractivity contribution in [2.75, 3.05) is 19.8 Å². The van der Waals surface area contributed by atoms with E-state index < -0.39 is 12.6 Å². The minimum Gasteiger partial charge on any atom is -0.486 e. The van der Waals surface area contributed by atoms with E-state index in [2.05, 4.69) is 0 Å². The number of carbonyl (C=O) groups excluding carboxylic acids is 2. The second kappa shape index (κ2) is 7.11. The summed E-state index contributed by atoms with van der Waals surface area (Å²) in [4.78, 5) is 24.3. The molecule has 0 aliphatic carbocycles. The summed E-state index contributed by atoms with van der Waals surface area (Å²) < 4.78 is 15.8. The predicted octanol–water partition coefficient (Wildman–Crippen LogP) is 3.80. The fourth-order valence-electron chi connectivity index (χ4n) is 2.20. The van der Waals surface area contributed by atoms with E-state index in [0.29, 0.717) is 30.3 Å². The van der Waals surface area contributed by atoms with Crippen molar-refractivity contribution in [3.05, 3.63) is 57.6 Å². The van der Waals surface area contributed by atoms with E-state index in [4.69, 9.17) is 37.4 Å². The highest BCUT2D eigenvalue weighted by Crippen LogP contribution is 2.31. The molecule has 2 aromatic carbocycles. The van der Waals surface area contributed by atoms with Crippen LogP contribution in [0.4, 0.5) is 0 Å². The maximum atomic E-state index is 12.2. The van der Waals surface area contributed by atoms with Gasteiger partial charge in [-0.15, -0.1) is 0 Å². The summed E-state index contributed by atoms with van der Waals surface area (Å²) in [5.74, 6) is -0.0507. The lowest BCUT2D eigenvalue weighted by atomic mass is 10.1.